The average Bonchev–Trinajstić information content (AvgIpc) is 2.25. The van der Waals surface area contributed by atoms with Gasteiger partial charge in [0.1, 0.15) is 0 Å². The molecule has 0 aromatic heterocycles. The summed E-state index contributed by atoms with van der Waals surface area (Å²) in [5, 5.41) is 13.3. The van der Waals surface area contributed by atoms with Crippen LogP contribution in [-0.2, 0) is 0 Å². The van der Waals surface area contributed by atoms with Crippen molar-refractivity contribution in [2.24, 2.45) is 11.8 Å². The zero-order chi connectivity index (χ0) is 12.1. The lowest BCUT2D eigenvalue weighted by Crippen LogP contribution is -2.51. The van der Waals surface area contributed by atoms with Crippen LogP contribution in [0, 0.1) is 11.8 Å². The molecule has 0 aromatic rings. The molecule has 0 saturated carbocycles. The molecule has 3 heteroatoms. The molecule has 0 radical (unpaired) electrons. The lowest BCUT2D eigenvalue weighted by Gasteiger charge is -2.39. The van der Waals surface area contributed by atoms with Crippen LogP contribution in [0.4, 0.5) is 0 Å². The second-order valence-electron chi connectivity index (χ2n) is 5.59. The predicted octanol–water partition coefficient (Wildman–Crippen LogP) is 1.32. The summed E-state index contributed by atoms with van der Waals surface area (Å²) in [6, 6.07) is 0.552. The summed E-state index contributed by atoms with van der Waals surface area (Å²) in [7, 11) is 0. The van der Waals surface area contributed by atoms with E-state index in [1.807, 2.05) is 6.92 Å². The first-order valence-electron chi connectivity index (χ1n) is 6.66. The molecule has 0 aromatic carbocycles. The first-order chi connectivity index (χ1) is 7.52. The molecule has 1 aliphatic rings. The van der Waals surface area contributed by atoms with E-state index in [2.05, 4.69) is 31.0 Å². The van der Waals surface area contributed by atoms with Crippen molar-refractivity contribution in [3.05, 3.63) is 0 Å². The number of nitrogens with zero attached hydrogens (tertiary/aromatic N) is 1. The molecule has 0 aliphatic carbocycles. The van der Waals surface area contributed by atoms with Crippen molar-refractivity contribution in [2.75, 3.05) is 26.2 Å². The van der Waals surface area contributed by atoms with Gasteiger partial charge in [0.15, 0.2) is 0 Å². The molecule has 96 valence electrons. The van der Waals surface area contributed by atoms with Gasteiger partial charge in [-0.05, 0) is 38.3 Å². The van der Waals surface area contributed by atoms with Crippen LogP contribution < -0.4 is 5.32 Å². The Bertz CT molecular complexity index is 194. The molecule has 1 heterocycles. The minimum absolute atomic E-state index is 0.183. The Morgan fingerprint density at radius 3 is 2.50 bits per heavy atom. The number of likely N-dealkylation sites (tertiary alicyclic amines) is 1. The Hall–Kier alpha value is -0.120. The van der Waals surface area contributed by atoms with E-state index in [1.54, 1.807) is 0 Å². The smallest absolute Gasteiger partial charge is 0.0553 e. The Morgan fingerprint density at radius 1 is 1.31 bits per heavy atom. The SMILES string of the molecule is CCN1CC(NCC(C)C)CC(C(C)O)C1. The molecule has 3 atom stereocenters. The van der Waals surface area contributed by atoms with E-state index in [4.69, 9.17) is 0 Å². The van der Waals surface area contributed by atoms with Gasteiger partial charge in [-0.2, -0.15) is 0 Å². The van der Waals surface area contributed by atoms with Crippen molar-refractivity contribution in [1.29, 1.82) is 0 Å². The van der Waals surface area contributed by atoms with E-state index in [0.717, 1.165) is 32.6 Å². The number of piperidine rings is 1. The van der Waals surface area contributed by atoms with Crippen molar-refractivity contribution in [1.82, 2.24) is 10.2 Å². The van der Waals surface area contributed by atoms with Crippen molar-refractivity contribution < 1.29 is 5.11 Å². The molecule has 3 nitrogen and oxygen atoms in total. The predicted molar refractivity (Wildman–Crippen MR) is 68.5 cm³/mol. The maximum absolute atomic E-state index is 9.73. The number of nitrogens with one attached hydrogen (secondary N) is 1. The van der Waals surface area contributed by atoms with Crippen molar-refractivity contribution in [3.8, 4) is 0 Å². The summed E-state index contributed by atoms with van der Waals surface area (Å²) in [6.07, 6.45) is 0.929. The molecule has 1 rings (SSSR count). The van der Waals surface area contributed by atoms with E-state index < -0.39 is 0 Å². The first kappa shape index (κ1) is 13.9. The fraction of sp³-hybridized carbons (Fsp3) is 1.00. The monoisotopic (exact) mass is 228 g/mol. The Morgan fingerprint density at radius 2 is 2.00 bits per heavy atom. The van der Waals surface area contributed by atoms with Gasteiger partial charge in [-0.1, -0.05) is 20.8 Å². The van der Waals surface area contributed by atoms with Crippen molar-refractivity contribution in [3.63, 3.8) is 0 Å². The van der Waals surface area contributed by atoms with Gasteiger partial charge in [0.05, 0.1) is 6.10 Å². The highest BCUT2D eigenvalue weighted by Crippen LogP contribution is 2.20. The lowest BCUT2D eigenvalue weighted by molar-refractivity contribution is 0.0498. The number of likely N-dealkylation sites (N-methyl/N-ethyl adjacent to an activating group) is 1. The van der Waals surface area contributed by atoms with Crippen LogP contribution in [0.1, 0.15) is 34.1 Å². The second-order valence-corrected chi connectivity index (χ2v) is 5.59. The van der Waals surface area contributed by atoms with Crippen LogP contribution >= 0.6 is 0 Å². The molecule has 1 aliphatic heterocycles. The van der Waals surface area contributed by atoms with Crippen LogP contribution in [0.15, 0.2) is 0 Å². The van der Waals surface area contributed by atoms with Gasteiger partial charge in [0.2, 0.25) is 0 Å². The standard InChI is InChI=1S/C13H28N2O/c1-5-15-8-12(11(4)16)6-13(9-15)14-7-10(2)3/h10-14,16H,5-9H2,1-4H3. The number of hydrogen-bond acceptors (Lipinski definition) is 3. The molecule has 3 unspecified atom stereocenters. The highest BCUT2D eigenvalue weighted by atomic mass is 16.3. The first-order valence-corrected chi connectivity index (χ1v) is 6.66. The minimum Gasteiger partial charge on any atom is -0.393 e. The van der Waals surface area contributed by atoms with Crippen LogP contribution in [0.2, 0.25) is 0 Å². The molecule has 2 N–H and O–H groups in total. The average molecular weight is 228 g/mol. The van der Waals surface area contributed by atoms with Gasteiger partial charge in [-0.3, -0.25) is 0 Å². The van der Waals surface area contributed by atoms with Crippen molar-refractivity contribution >= 4 is 0 Å². The molecule has 0 spiro atoms. The lowest BCUT2D eigenvalue weighted by atomic mass is 9.90. The summed E-state index contributed by atoms with van der Waals surface area (Å²) in [4.78, 5) is 2.44. The van der Waals surface area contributed by atoms with Crippen molar-refractivity contribution in [2.45, 2.75) is 46.3 Å². The molecule has 0 bridgehead atoms. The number of aliphatic hydroxyl groups excluding tert-OH is 1. The second kappa shape index (κ2) is 6.58. The third-order valence-electron chi connectivity index (χ3n) is 3.50. The molecule has 16 heavy (non-hydrogen) atoms. The van der Waals surface area contributed by atoms with Gasteiger partial charge in [0, 0.05) is 19.1 Å². The van der Waals surface area contributed by atoms with E-state index in [9.17, 15) is 5.11 Å². The largest absolute Gasteiger partial charge is 0.393 e. The van der Waals surface area contributed by atoms with E-state index in [0.29, 0.717) is 17.9 Å². The fourth-order valence-corrected chi connectivity index (χ4v) is 2.39. The van der Waals surface area contributed by atoms with Gasteiger partial charge < -0.3 is 15.3 Å². The Balaban J connectivity index is 2.44. The number of hydrogen-bond donors (Lipinski definition) is 2. The molecular weight excluding hydrogens is 200 g/mol. The zero-order valence-electron chi connectivity index (χ0n) is 11.2. The zero-order valence-corrected chi connectivity index (χ0v) is 11.2. The van der Waals surface area contributed by atoms with Crippen LogP contribution in [0.25, 0.3) is 0 Å². The van der Waals surface area contributed by atoms with Gasteiger partial charge in [-0.15, -0.1) is 0 Å². The maximum Gasteiger partial charge on any atom is 0.0553 e. The van der Waals surface area contributed by atoms with E-state index >= 15 is 0 Å². The highest BCUT2D eigenvalue weighted by Gasteiger charge is 2.28. The highest BCUT2D eigenvalue weighted by molar-refractivity contribution is 4.85. The van der Waals surface area contributed by atoms with E-state index in [1.165, 1.54) is 0 Å². The minimum atomic E-state index is -0.183. The summed E-state index contributed by atoms with van der Waals surface area (Å²) in [5.41, 5.74) is 0. The van der Waals surface area contributed by atoms with Crippen LogP contribution in [0.3, 0.4) is 0 Å². The Kier molecular flexibility index (Phi) is 5.73. The topological polar surface area (TPSA) is 35.5 Å². The fourth-order valence-electron chi connectivity index (χ4n) is 2.39. The third kappa shape index (κ3) is 4.40. The normalized spacial score (nSPS) is 29.6. The molecule has 1 fully saturated rings. The Labute approximate surface area is 100 Å². The molecule has 1 saturated heterocycles. The number of aliphatic hydroxyl groups is 1. The summed E-state index contributed by atoms with van der Waals surface area (Å²) in [5.74, 6) is 1.13. The van der Waals surface area contributed by atoms with Crippen LogP contribution in [0.5, 0.6) is 0 Å². The number of rotatable bonds is 5. The molecular formula is C13H28N2O. The van der Waals surface area contributed by atoms with Crippen LogP contribution in [-0.4, -0.2) is 48.3 Å². The summed E-state index contributed by atoms with van der Waals surface area (Å²) in [6.45, 7) is 12.9. The third-order valence-corrected chi connectivity index (χ3v) is 3.50. The summed E-state index contributed by atoms with van der Waals surface area (Å²) >= 11 is 0. The van der Waals surface area contributed by atoms with Gasteiger partial charge in [-0.25, -0.2) is 0 Å². The van der Waals surface area contributed by atoms with Gasteiger partial charge >= 0.3 is 0 Å². The van der Waals surface area contributed by atoms with Gasteiger partial charge in [0.25, 0.3) is 0 Å². The summed E-state index contributed by atoms with van der Waals surface area (Å²) < 4.78 is 0. The molecule has 0 amide bonds. The quantitative estimate of drug-likeness (QED) is 0.745. The maximum atomic E-state index is 9.73. The van der Waals surface area contributed by atoms with E-state index in [-0.39, 0.29) is 6.10 Å².